The van der Waals surface area contributed by atoms with Crippen molar-refractivity contribution in [3.8, 4) is 0 Å². The van der Waals surface area contributed by atoms with Crippen LogP contribution in [0, 0.1) is 6.92 Å². The standard InChI is InChI=1S/C8H11ClN2O2S/c1-6-4-3-5-7(8(6)9)11-14(12,13)10-2/h3-5,10-11H,1-2H3. The van der Waals surface area contributed by atoms with Gasteiger partial charge in [-0.25, -0.2) is 4.72 Å². The van der Waals surface area contributed by atoms with E-state index >= 15 is 0 Å². The smallest absolute Gasteiger partial charge is 0.270 e. The fraction of sp³-hybridized carbons (Fsp3) is 0.250. The Morgan fingerprint density at radius 1 is 1.36 bits per heavy atom. The molecule has 0 aliphatic carbocycles. The van der Waals surface area contributed by atoms with Crippen LogP contribution < -0.4 is 9.44 Å². The molecule has 0 bridgehead atoms. The molecule has 78 valence electrons. The molecule has 2 N–H and O–H groups in total. The Kier molecular flexibility index (Phi) is 3.36. The molecule has 1 aromatic carbocycles. The summed E-state index contributed by atoms with van der Waals surface area (Å²) in [5.41, 5.74) is 1.20. The van der Waals surface area contributed by atoms with E-state index in [1.54, 1.807) is 25.1 Å². The maximum absolute atomic E-state index is 11.2. The number of benzene rings is 1. The summed E-state index contributed by atoms with van der Waals surface area (Å²) < 4.78 is 26.7. The lowest BCUT2D eigenvalue weighted by Gasteiger charge is -2.09. The highest BCUT2D eigenvalue weighted by molar-refractivity contribution is 7.90. The summed E-state index contributed by atoms with van der Waals surface area (Å²) in [5.74, 6) is 0. The number of rotatable bonds is 3. The van der Waals surface area contributed by atoms with Crippen molar-refractivity contribution in [2.45, 2.75) is 6.92 Å². The third-order valence-corrected chi connectivity index (χ3v) is 3.23. The maximum atomic E-state index is 11.2. The van der Waals surface area contributed by atoms with Crippen molar-refractivity contribution < 1.29 is 8.42 Å². The van der Waals surface area contributed by atoms with Crippen LogP contribution in [-0.2, 0) is 10.2 Å². The molecule has 4 nitrogen and oxygen atoms in total. The Morgan fingerprint density at radius 2 is 2.00 bits per heavy atom. The molecule has 14 heavy (non-hydrogen) atoms. The summed E-state index contributed by atoms with van der Waals surface area (Å²) in [5, 5.41) is 0.409. The number of halogens is 1. The Balaban J connectivity index is 3.05. The molecule has 1 aromatic rings. The fourth-order valence-corrected chi connectivity index (χ4v) is 1.71. The number of anilines is 1. The molecule has 0 aliphatic rings. The van der Waals surface area contributed by atoms with Gasteiger partial charge in [0.15, 0.2) is 0 Å². The van der Waals surface area contributed by atoms with Crippen LogP contribution in [0.25, 0.3) is 0 Å². The second kappa shape index (κ2) is 4.16. The quantitative estimate of drug-likeness (QED) is 0.833. The molecule has 0 radical (unpaired) electrons. The van der Waals surface area contributed by atoms with Crippen molar-refractivity contribution in [3.05, 3.63) is 28.8 Å². The second-order valence-electron chi connectivity index (χ2n) is 2.75. The van der Waals surface area contributed by atoms with Crippen molar-refractivity contribution >= 4 is 27.5 Å². The first kappa shape index (κ1) is 11.3. The summed E-state index contributed by atoms with van der Waals surface area (Å²) in [6.07, 6.45) is 0. The van der Waals surface area contributed by atoms with Crippen LogP contribution in [0.4, 0.5) is 5.69 Å². The highest BCUT2D eigenvalue weighted by atomic mass is 35.5. The molecule has 0 aliphatic heterocycles. The van der Waals surface area contributed by atoms with Crippen molar-refractivity contribution in [1.82, 2.24) is 4.72 Å². The molecule has 6 heteroatoms. The zero-order valence-corrected chi connectivity index (χ0v) is 9.41. The van der Waals surface area contributed by atoms with Crippen LogP contribution in [-0.4, -0.2) is 15.5 Å². The van der Waals surface area contributed by atoms with Gasteiger partial charge in [-0.05, 0) is 18.6 Å². The molecule has 0 unspecified atom stereocenters. The predicted molar refractivity (Wildman–Crippen MR) is 57.8 cm³/mol. The lowest BCUT2D eigenvalue weighted by Crippen LogP contribution is -2.26. The predicted octanol–water partition coefficient (Wildman–Crippen LogP) is 1.52. The third-order valence-electron chi connectivity index (χ3n) is 1.70. The van der Waals surface area contributed by atoms with Crippen LogP contribution in [0.15, 0.2) is 18.2 Å². The molecule has 0 saturated carbocycles. The minimum Gasteiger partial charge on any atom is -0.270 e. The van der Waals surface area contributed by atoms with Gasteiger partial charge in [-0.15, -0.1) is 0 Å². The van der Waals surface area contributed by atoms with Crippen molar-refractivity contribution in [3.63, 3.8) is 0 Å². The third kappa shape index (κ3) is 2.60. The topological polar surface area (TPSA) is 58.2 Å². The number of nitrogens with one attached hydrogen (secondary N) is 2. The Labute approximate surface area is 88.5 Å². The monoisotopic (exact) mass is 234 g/mol. The summed E-state index contributed by atoms with van der Waals surface area (Å²) >= 11 is 5.90. The van der Waals surface area contributed by atoms with E-state index in [9.17, 15) is 8.42 Å². The first-order valence-electron chi connectivity index (χ1n) is 3.92. The van der Waals surface area contributed by atoms with Gasteiger partial charge in [-0.2, -0.15) is 8.42 Å². The van der Waals surface area contributed by atoms with E-state index in [-0.39, 0.29) is 0 Å². The van der Waals surface area contributed by atoms with Gasteiger partial charge in [0.2, 0.25) is 0 Å². The molecule has 0 spiro atoms. The Bertz CT molecular complexity index is 431. The van der Waals surface area contributed by atoms with Crippen LogP contribution in [0.1, 0.15) is 5.56 Å². The van der Waals surface area contributed by atoms with Gasteiger partial charge in [-0.3, -0.25) is 4.72 Å². The second-order valence-corrected chi connectivity index (χ2v) is 4.74. The summed E-state index contributed by atoms with van der Waals surface area (Å²) in [6, 6.07) is 5.14. The zero-order chi connectivity index (χ0) is 10.8. The molecule has 0 amide bonds. The molecule has 0 atom stereocenters. The number of aryl methyl sites for hydroxylation is 1. The molecule has 0 aromatic heterocycles. The van der Waals surface area contributed by atoms with E-state index in [1.807, 2.05) is 0 Å². The van der Waals surface area contributed by atoms with Gasteiger partial charge in [-0.1, -0.05) is 23.7 Å². The molecule has 1 rings (SSSR count). The van der Waals surface area contributed by atoms with E-state index in [1.165, 1.54) is 7.05 Å². The first-order valence-corrected chi connectivity index (χ1v) is 5.79. The van der Waals surface area contributed by atoms with E-state index in [4.69, 9.17) is 11.6 Å². The van der Waals surface area contributed by atoms with Crippen LogP contribution in [0.5, 0.6) is 0 Å². The van der Waals surface area contributed by atoms with Gasteiger partial charge < -0.3 is 0 Å². The van der Waals surface area contributed by atoms with E-state index in [0.717, 1.165) is 5.56 Å². The normalized spacial score (nSPS) is 11.4. The minimum absolute atomic E-state index is 0.376. The highest BCUT2D eigenvalue weighted by Crippen LogP contribution is 2.25. The van der Waals surface area contributed by atoms with Crippen LogP contribution >= 0.6 is 11.6 Å². The maximum Gasteiger partial charge on any atom is 0.298 e. The van der Waals surface area contributed by atoms with Crippen molar-refractivity contribution in [2.24, 2.45) is 0 Å². The van der Waals surface area contributed by atoms with Crippen LogP contribution in [0.2, 0.25) is 5.02 Å². The van der Waals surface area contributed by atoms with E-state index in [0.29, 0.717) is 10.7 Å². The van der Waals surface area contributed by atoms with Gasteiger partial charge in [0.25, 0.3) is 10.2 Å². The summed E-state index contributed by atoms with van der Waals surface area (Å²) in [4.78, 5) is 0. The minimum atomic E-state index is -3.50. The Morgan fingerprint density at radius 3 is 2.57 bits per heavy atom. The highest BCUT2D eigenvalue weighted by Gasteiger charge is 2.09. The summed E-state index contributed by atoms with van der Waals surface area (Å²) in [7, 11) is -2.17. The van der Waals surface area contributed by atoms with Crippen molar-refractivity contribution in [2.75, 3.05) is 11.8 Å². The average Bonchev–Trinajstić information content (AvgIpc) is 2.13. The molecule has 0 fully saturated rings. The van der Waals surface area contributed by atoms with E-state index < -0.39 is 10.2 Å². The largest absolute Gasteiger partial charge is 0.298 e. The fourth-order valence-electron chi connectivity index (χ4n) is 0.922. The van der Waals surface area contributed by atoms with Gasteiger partial charge >= 0.3 is 0 Å². The molecular formula is C8H11ClN2O2S. The average molecular weight is 235 g/mol. The van der Waals surface area contributed by atoms with Gasteiger partial charge in [0.05, 0.1) is 10.7 Å². The zero-order valence-electron chi connectivity index (χ0n) is 7.83. The van der Waals surface area contributed by atoms with Crippen LogP contribution in [0.3, 0.4) is 0 Å². The molecule has 0 saturated heterocycles. The lowest BCUT2D eigenvalue weighted by molar-refractivity contribution is 0.593. The summed E-state index contributed by atoms with van der Waals surface area (Å²) in [6.45, 7) is 1.81. The molecular weight excluding hydrogens is 224 g/mol. The van der Waals surface area contributed by atoms with Crippen molar-refractivity contribution in [1.29, 1.82) is 0 Å². The first-order chi connectivity index (χ1) is 6.46. The van der Waals surface area contributed by atoms with E-state index in [2.05, 4.69) is 9.44 Å². The SMILES string of the molecule is CNS(=O)(=O)Nc1cccc(C)c1Cl. The van der Waals surface area contributed by atoms with Gasteiger partial charge in [0.1, 0.15) is 0 Å². The van der Waals surface area contributed by atoms with Gasteiger partial charge in [0, 0.05) is 7.05 Å². The number of hydrogen-bond acceptors (Lipinski definition) is 2. The lowest BCUT2D eigenvalue weighted by atomic mass is 10.2. The molecule has 0 heterocycles. The number of hydrogen-bond donors (Lipinski definition) is 2. The Hall–Kier alpha value is -0.780.